The molecular weight excluding hydrogens is 404 g/mol. The van der Waals surface area contributed by atoms with Crippen LogP contribution in [-0.2, 0) is 22.4 Å². The monoisotopic (exact) mass is 428 g/mol. The first-order valence-corrected chi connectivity index (χ1v) is 11.6. The van der Waals surface area contributed by atoms with Gasteiger partial charge >= 0.3 is 5.97 Å². The van der Waals surface area contributed by atoms with Gasteiger partial charge in [0.1, 0.15) is 5.00 Å². The summed E-state index contributed by atoms with van der Waals surface area (Å²) in [5.74, 6) is -0.441. The van der Waals surface area contributed by atoms with Crippen LogP contribution in [0.4, 0.5) is 5.00 Å². The number of para-hydroxylation sites is 1. The van der Waals surface area contributed by atoms with Crippen LogP contribution in [0.25, 0.3) is 10.9 Å². The Morgan fingerprint density at radius 1 is 1.28 bits per heavy atom. The van der Waals surface area contributed by atoms with E-state index in [1.165, 1.54) is 28.0 Å². The summed E-state index contributed by atoms with van der Waals surface area (Å²) in [5.41, 5.74) is 2.68. The highest BCUT2D eigenvalue weighted by molar-refractivity contribution is 8.00. The Bertz CT molecular complexity index is 1050. The van der Waals surface area contributed by atoms with E-state index in [1.807, 2.05) is 37.4 Å². The highest BCUT2D eigenvalue weighted by atomic mass is 32.2. The normalized spacial score (nSPS) is 14.4. The Morgan fingerprint density at radius 2 is 2.07 bits per heavy atom. The first-order valence-electron chi connectivity index (χ1n) is 9.93. The number of aryl methyl sites for hydroxylation is 1. The molecule has 0 aliphatic heterocycles. The fraction of sp³-hybridized carbons (Fsp3) is 0.364. The van der Waals surface area contributed by atoms with Crippen LogP contribution in [0.15, 0.2) is 35.4 Å². The van der Waals surface area contributed by atoms with Crippen molar-refractivity contribution in [2.75, 3.05) is 11.9 Å². The number of esters is 1. The lowest BCUT2D eigenvalue weighted by molar-refractivity contribution is -0.115. The van der Waals surface area contributed by atoms with Gasteiger partial charge in [-0.1, -0.05) is 18.2 Å². The maximum absolute atomic E-state index is 12.9. The quantitative estimate of drug-likeness (QED) is 0.407. The zero-order chi connectivity index (χ0) is 20.4. The highest BCUT2D eigenvalue weighted by Gasteiger charge is 2.28. The third-order valence-corrected chi connectivity index (χ3v) is 7.48. The number of benzene rings is 1. The van der Waals surface area contributed by atoms with Crippen molar-refractivity contribution in [1.82, 2.24) is 4.98 Å². The second-order valence-corrected chi connectivity index (χ2v) is 9.57. The number of H-pyrrole nitrogens is 1. The number of aromatic amines is 1. The van der Waals surface area contributed by atoms with E-state index < -0.39 is 0 Å². The largest absolute Gasteiger partial charge is 0.462 e. The summed E-state index contributed by atoms with van der Waals surface area (Å²) in [6, 6.07) is 8.04. The van der Waals surface area contributed by atoms with E-state index in [1.54, 1.807) is 6.92 Å². The van der Waals surface area contributed by atoms with Gasteiger partial charge in [-0.25, -0.2) is 4.79 Å². The Balaban J connectivity index is 1.54. The average Bonchev–Trinajstić information content (AvgIpc) is 3.29. The first-order chi connectivity index (χ1) is 14.1. The van der Waals surface area contributed by atoms with E-state index in [0.717, 1.165) is 47.0 Å². The average molecular weight is 429 g/mol. The Kier molecular flexibility index (Phi) is 5.96. The van der Waals surface area contributed by atoms with Crippen LogP contribution in [-0.4, -0.2) is 28.7 Å². The number of nitrogens with one attached hydrogen (secondary N) is 2. The van der Waals surface area contributed by atoms with Crippen molar-refractivity contribution in [2.45, 2.75) is 49.7 Å². The van der Waals surface area contributed by atoms with Gasteiger partial charge in [0.05, 0.1) is 17.4 Å². The SMILES string of the molecule is CCOC(=O)c1c(NC(=O)[C@@H](C)Sc2c[nH]c3ccccc23)sc2c1CCCC2. The molecule has 7 heteroatoms. The fourth-order valence-electron chi connectivity index (χ4n) is 3.67. The van der Waals surface area contributed by atoms with Crippen molar-refractivity contribution in [3.8, 4) is 0 Å². The van der Waals surface area contributed by atoms with Gasteiger partial charge in [-0.2, -0.15) is 0 Å². The molecule has 5 nitrogen and oxygen atoms in total. The molecule has 0 saturated heterocycles. The van der Waals surface area contributed by atoms with Crippen LogP contribution in [0.3, 0.4) is 0 Å². The number of amides is 1. The smallest absolute Gasteiger partial charge is 0.341 e. The fourth-order valence-corrected chi connectivity index (χ4v) is 5.93. The zero-order valence-corrected chi connectivity index (χ0v) is 18.2. The number of fused-ring (bicyclic) bond motifs is 2. The molecule has 2 aromatic heterocycles. The summed E-state index contributed by atoms with van der Waals surface area (Å²) in [4.78, 5) is 31.0. The van der Waals surface area contributed by atoms with Crippen molar-refractivity contribution in [3.05, 3.63) is 46.5 Å². The predicted molar refractivity (Wildman–Crippen MR) is 119 cm³/mol. The second kappa shape index (κ2) is 8.63. The number of thiophene rings is 1. The topological polar surface area (TPSA) is 71.2 Å². The number of aromatic nitrogens is 1. The molecular formula is C22H24N2O3S2. The van der Waals surface area contributed by atoms with Gasteiger partial charge < -0.3 is 15.0 Å². The number of carbonyl (C=O) groups excluding carboxylic acids is 2. The van der Waals surface area contributed by atoms with Gasteiger partial charge in [0.25, 0.3) is 0 Å². The standard InChI is InChI=1S/C22H24N2O3S2/c1-3-27-22(26)19-15-9-5-7-11-17(15)29-21(19)24-20(25)13(2)28-18-12-23-16-10-6-4-8-14(16)18/h4,6,8,10,12-13,23H,3,5,7,9,11H2,1-2H3,(H,24,25)/t13-/m1/s1. The van der Waals surface area contributed by atoms with E-state index in [9.17, 15) is 9.59 Å². The maximum Gasteiger partial charge on any atom is 0.341 e. The van der Waals surface area contributed by atoms with Crippen molar-refractivity contribution in [1.29, 1.82) is 0 Å². The third-order valence-electron chi connectivity index (χ3n) is 5.11. The van der Waals surface area contributed by atoms with Gasteiger partial charge in [0.2, 0.25) is 5.91 Å². The number of anilines is 1. The van der Waals surface area contributed by atoms with E-state index in [2.05, 4.69) is 10.3 Å². The number of carbonyl (C=O) groups is 2. The summed E-state index contributed by atoms with van der Waals surface area (Å²) >= 11 is 3.04. The molecule has 3 aromatic rings. The van der Waals surface area contributed by atoms with Crippen LogP contribution in [0.5, 0.6) is 0 Å². The molecule has 0 radical (unpaired) electrons. The molecule has 0 spiro atoms. The molecule has 4 rings (SSSR count). The summed E-state index contributed by atoms with van der Waals surface area (Å²) in [6.45, 7) is 4.01. The number of rotatable bonds is 6. The first kappa shape index (κ1) is 20.0. The number of thioether (sulfide) groups is 1. The summed E-state index contributed by atoms with van der Waals surface area (Å²) < 4.78 is 5.28. The molecule has 1 aliphatic rings. The van der Waals surface area contributed by atoms with E-state index >= 15 is 0 Å². The molecule has 0 unspecified atom stereocenters. The highest BCUT2D eigenvalue weighted by Crippen LogP contribution is 2.39. The lowest BCUT2D eigenvalue weighted by Gasteiger charge is -2.13. The van der Waals surface area contributed by atoms with Gasteiger partial charge in [0.15, 0.2) is 0 Å². The molecule has 2 N–H and O–H groups in total. The molecule has 2 heterocycles. The minimum atomic E-state index is -0.334. The molecule has 0 fully saturated rings. The Labute approximate surface area is 178 Å². The molecule has 29 heavy (non-hydrogen) atoms. The molecule has 0 saturated carbocycles. The van der Waals surface area contributed by atoms with Crippen LogP contribution in [0, 0.1) is 0 Å². The molecule has 1 aromatic carbocycles. The van der Waals surface area contributed by atoms with E-state index in [-0.39, 0.29) is 17.1 Å². The summed E-state index contributed by atoms with van der Waals surface area (Å²) in [7, 11) is 0. The van der Waals surface area contributed by atoms with Gasteiger partial charge in [-0.05, 0) is 51.2 Å². The maximum atomic E-state index is 12.9. The minimum Gasteiger partial charge on any atom is -0.462 e. The summed E-state index contributed by atoms with van der Waals surface area (Å²) in [6.07, 6.45) is 5.96. The van der Waals surface area contributed by atoms with Crippen LogP contribution in [0.2, 0.25) is 0 Å². The lowest BCUT2D eigenvalue weighted by atomic mass is 9.95. The Morgan fingerprint density at radius 3 is 2.90 bits per heavy atom. The molecule has 1 amide bonds. The van der Waals surface area contributed by atoms with Gasteiger partial charge in [-0.15, -0.1) is 23.1 Å². The Hall–Kier alpha value is -2.25. The van der Waals surface area contributed by atoms with Crippen LogP contribution >= 0.6 is 23.1 Å². The second-order valence-electron chi connectivity index (χ2n) is 7.08. The van der Waals surface area contributed by atoms with Gasteiger partial charge in [-0.3, -0.25) is 4.79 Å². The van der Waals surface area contributed by atoms with Crippen molar-refractivity contribution < 1.29 is 14.3 Å². The number of ether oxygens (including phenoxy) is 1. The van der Waals surface area contributed by atoms with Crippen molar-refractivity contribution >= 4 is 50.9 Å². The zero-order valence-electron chi connectivity index (χ0n) is 16.5. The predicted octanol–water partition coefficient (Wildman–Crippen LogP) is 5.40. The lowest BCUT2D eigenvalue weighted by Crippen LogP contribution is -2.23. The van der Waals surface area contributed by atoms with E-state index in [4.69, 9.17) is 4.74 Å². The molecule has 1 atom stereocenters. The summed E-state index contributed by atoms with van der Waals surface area (Å²) in [5, 5.41) is 4.45. The number of hydrogen-bond donors (Lipinski definition) is 2. The van der Waals surface area contributed by atoms with Crippen molar-refractivity contribution in [2.24, 2.45) is 0 Å². The van der Waals surface area contributed by atoms with Crippen LogP contribution in [0.1, 0.15) is 47.5 Å². The minimum absolute atomic E-state index is 0.107. The molecule has 0 bridgehead atoms. The molecule has 152 valence electrons. The van der Waals surface area contributed by atoms with Crippen molar-refractivity contribution in [3.63, 3.8) is 0 Å². The molecule has 1 aliphatic carbocycles. The van der Waals surface area contributed by atoms with Crippen LogP contribution < -0.4 is 5.32 Å². The van der Waals surface area contributed by atoms with E-state index in [0.29, 0.717) is 17.2 Å². The number of hydrogen-bond acceptors (Lipinski definition) is 5. The third kappa shape index (κ3) is 4.07. The van der Waals surface area contributed by atoms with Gasteiger partial charge in [0, 0.05) is 26.9 Å².